The zero-order valence-corrected chi connectivity index (χ0v) is 12.1. The third-order valence-electron chi connectivity index (χ3n) is 3.50. The number of hydrogen-bond donors (Lipinski definition) is 2. The van der Waals surface area contributed by atoms with E-state index in [1.54, 1.807) is 12.2 Å². The zero-order chi connectivity index (χ0) is 16.3. The lowest BCUT2D eigenvalue weighted by Gasteiger charge is -2.24. The summed E-state index contributed by atoms with van der Waals surface area (Å²) in [7, 11) is 0. The highest BCUT2D eigenvalue weighted by atomic mass is 35.5. The number of amides is 1. The number of carbonyl (C=O) groups excluding carboxylic acids is 1. The maximum Gasteiger partial charge on any atom is 0.307 e. The van der Waals surface area contributed by atoms with Gasteiger partial charge in [-0.25, -0.2) is 0 Å². The molecule has 2 unspecified atom stereocenters. The number of allylic oxidation sites excluding steroid dienone is 2. The molecule has 7 nitrogen and oxygen atoms in total. The molecule has 0 aromatic heterocycles. The molecule has 2 atom stereocenters. The van der Waals surface area contributed by atoms with Gasteiger partial charge in [-0.2, -0.15) is 0 Å². The Hall–Kier alpha value is -2.41. The van der Waals surface area contributed by atoms with Gasteiger partial charge < -0.3 is 10.4 Å². The number of nitro benzene ring substituents is 1. The van der Waals surface area contributed by atoms with Gasteiger partial charge in [0.05, 0.1) is 16.8 Å². The Bertz CT molecular complexity index is 659. The highest BCUT2D eigenvalue weighted by Gasteiger charge is 2.34. The summed E-state index contributed by atoms with van der Waals surface area (Å²) < 4.78 is 0. The van der Waals surface area contributed by atoms with E-state index in [1.807, 2.05) is 0 Å². The van der Waals surface area contributed by atoms with E-state index in [0.717, 1.165) is 6.07 Å². The zero-order valence-electron chi connectivity index (χ0n) is 11.4. The topological polar surface area (TPSA) is 110 Å². The van der Waals surface area contributed by atoms with Crippen molar-refractivity contribution in [2.24, 2.45) is 11.8 Å². The van der Waals surface area contributed by atoms with E-state index in [2.05, 4.69) is 5.32 Å². The van der Waals surface area contributed by atoms with Crippen LogP contribution in [0, 0.1) is 22.0 Å². The van der Waals surface area contributed by atoms with Crippen molar-refractivity contribution in [3.63, 3.8) is 0 Å². The molecule has 2 rings (SSSR count). The van der Waals surface area contributed by atoms with Crippen LogP contribution in [0.3, 0.4) is 0 Å². The van der Waals surface area contributed by atoms with E-state index in [1.165, 1.54) is 12.1 Å². The minimum atomic E-state index is -1.06. The van der Waals surface area contributed by atoms with Gasteiger partial charge in [0.2, 0.25) is 5.91 Å². The fraction of sp³-hybridized carbons (Fsp3) is 0.286. The van der Waals surface area contributed by atoms with E-state index in [4.69, 9.17) is 16.7 Å². The molecule has 0 spiro atoms. The van der Waals surface area contributed by atoms with Crippen molar-refractivity contribution < 1.29 is 19.6 Å². The summed E-state index contributed by atoms with van der Waals surface area (Å²) in [5.41, 5.74) is -0.336. The van der Waals surface area contributed by atoms with E-state index in [-0.39, 0.29) is 29.2 Å². The Labute approximate surface area is 130 Å². The minimum absolute atomic E-state index is 0.00177. The molecule has 0 saturated carbocycles. The summed E-state index contributed by atoms with van der Waals surface area (Å²) in [5.74, 6) is -3.22. The van der Waals surface area contributed by atoms with Gasteiger partial charge >= 0.3 is 5.97 Å². The number of nitrogens with zero attached hydrogens (tertiary/aromatic N) is 1. The van der Waals surface area contributed by atoms with Gasteiger partial charge in [0.25, 0.3) is 5.69 Å². The lowest BCUT2D eigenvalue weighted by atomic mass is 9.82. The number of rotatable bonds is 4. The van der Waals surface area contributed by atoms with Crippen LogP contribution >= 0.6 is 11.6 Å². The molecule has 1 aromatic rings. The Balaban J connectivity index is 2.23. The molecule has 22 heavy (non-hydrogen) atoms. The van der Waals surface area contributed by atoms with Crippen LogP contribution in [-0.4, -0.2) is 21.9 Å². The van der Waals surface area contributed by atoms with Crippen molar-refractivity contribution in [3.05, 3.63) is 45.5 Å². The van der Waals surface area contributed by atoms with Gasteiger partial charge in [0.15, 0.2) is 0 Å². The second-order valence-electron chi connectivity index (χ2n) is 4.90. The molecule has 0 fully saturated rings. The van der Waals surface area contributed by atoms with Gasteiger partial charge in [-0.3, -0.25) is 19.7 Å². The van der Waals surface area contributed by atoms with Crippen molar-refractivity contribution in [1.29, 1.82) is 0 Å². The number of benzene rings is 1. The fourth-order valence-corrected chi connectivity index (χ4v) is 2.53. The first-order valence-electron chi connectivity index (χ1n) is 6.52. The Morgan fingerprint density at radius 3 is 2.50 bits per heavy atom. The number of nitro groups is 1. The van der Waals surface area contributed by atoms with Crippen LogP contribution in [0.5, 0.6) is 0 Å². The van der Waals surface area contributed by atoms with E-state index < -0.39 is 28.6 Å². The molecule has 2 N–H and O–H groups in total. The normalized spacial score (nSPS) is 20.4. The average Bonchev–Trinajstić information content (AvgIpc) is 2.48. The highest BCUT2D eigenvalue weighted by Crippen LogP contribution is 2.31. The summed E-state index contributed by atoms with van der Waals surface area (Å²) in [6, 6.07) is 3.87. The van der Waals surface area contributed by atoms with Crippen molar-refractivity contribution in [2.45, 2.75) is 12.8 Å². The molecule has 1 aliphatic rings. The first-order chi connectivity index (χ1) is 10.4. The van der Waals surface area contributed by atoms with Crippen LogP contribution in [-0.2, 0) is 9.59 Å². The number of aliphatic carboxylic acids is 1. The third kappa shape index (κ3) is 3.43. The van der Waals surface area contributed by atoms with E-state index in [9.17, 15) is 19.7 Å². The summed E-state index contributed by atoms with van der Waals surface area (Å²) in [6.45, 7) is 0. The molecule has 0 radical (unpaired) electrons. The molecular weight excluding hydrogens is 312 g/mol. The van der Waals surface area contributed by atoms with E-state index in [0.29, 0.717) is 0 Å². The molecule has 0 bridgehead atoms. The molecule has 116 valence electrons. The van der Waals surface area contributed by atoms with Crippen molar-refractivity contribution in [3.8, 4) is 0 Å². The molecule has 0 heterocycles. The molecule has 1 aliphatic carbocycles. The number of hydrogen-bond acceptors (Lipinski definition) is 4. The largest absolute Gasteiger partial charge is 0.481 e. The van der Waals surface area contributed by atoms with E-state index >= 15 is 0 Å². The van der Waals surface area contributed by atoms with Crippen LogP contribution in [0.4, 0.5) is 11.4 Å². The minimum Gasteiger partial charge on any atom is -0.481 e. The van der Waals surface area contributed by atoms with Crippen molar-refractivity contribution in [2.75, 3.05) is 5.32 Å². The van der Waals surface area contributed by atoms with Gasteiger partial charge in [-0.1, -0.05) is 23.8 Å². The number of halogens is 1. The lowest BCUT2D eigenvalue weighted by Crippen LogP contribution is -2.34. The second-order valence-corrected chi connectivity index (χ2v) is 5.34. The van der Waals surface area contributed by atoms with Crippen LogP contribution in [0.2, 0.25) is 5.02 Å². The maximum absolute atomic E-state index is 12.3. The first kappa shape index (κ1) is 16.0. The number of carbonyl (C=O) groups is 2. The number of nitrogens with one attached hydrogen (secondary N) is 1. The molecular formula is C14H13ClN2O5. The van der Waals surface area contributed by atoms with Crippen LogP contribution < -0.4 is 5.32 Å². The maximum atomic E-state index is 12.3. The lowest BCUT2D eigenvalue weighted by molar-refractivity contribution is -0.383. The van der Waals surface area contributed by atoms with Gasteiger partial charge in [0, 0.05) is 11.1 Å². The molecule has 0 aliphatic heterocycles. The average molecular weight is 325 g/mol. The van der Waals surface area contributed by atoms with Crippen LogP contribution in [0.1, 0.15) is 12.8 Å². The van der Waals surface area contributed by atoms with Gasteiger partial charge in [-0.05, 0) is 25.0 Å². The summed E-state index contributed by atoms with van der Waals surface area (Å²) >= 11 is 5.71. The molecule has 1 aromatic carbocycles. The summed E-state index contributed by atoms with van der Waals surface area (Å²) in [4.78, 5) is 33.8. The van der Waals surface area contributed by atoms with Crippen LogP contribution in [0.15, 0.2) is 30.4 Å². The predicted octanol–water partition coefficient (Wildman–Crippen LogP) is 2.85. The van der Waals surface area contributed by atoms with Crippen molar-refractivity contribution >= 4 is 34.9 Å². The number of carboxylic acid groups (broad SMARTS) is 1. The smallest absolute Gasteiger partial charge is 0.307 e. The standard InChI is InChI=1S/C14H13ClN2O5/c15-8-5-6-11(12(7-8)17(21)22)16-13(18)9-3-1-2-4-10(9)14(19)20/h1-2,5-7,9-10H,3-4H2,(H,16,18)(H,19,20). The molecule has 8 heteroatoms. The molecule has 1 amide bonds. The quantitative estimate of drug-likeness (QED) is 0.502. The summed E-state index contributed by atoms with van der Waals surface area (Å²) in [6.07, 6.45) is 3.99. The molecule has 0 saturated heterocycles. The Kier molecular flexibility index (Phi) is 4.77. The van der Waals surface area contributed by atoms with Crippen LogP contribution in [0.25, 0.3) is 0 Å². The van der Waals surface area contributed by atoms with Gasteiger partial charge in [-0.15, -0.1) is 0 Å². The Morgan fingerprint density at radius 2 is 1.91 bits per heavy atom. The second kappa shape index (κ2) is 6.57. The third-order valence-corrected chi connectivity index (χ3v) is 3.74. The summed E-state index contributed by atoms with van der Waals surface area (Å²) in [5, 5.41) is 22.8. The fourth-order valence-electron chi connectivity index (χ4n) is 2.36. The highest BCUT2D eigenvalue weighted by molar-refractivity contribution is 6.31. The number of carboxylic acids is 1. The Morgan fingerprint density at radius 1 is 1.27 bits per heavy atom. The van der Waals surface area contributed by atoms with Gasteiger partial charge in [0.1, 0.15) is 5.69 Å². The first-order valence-corrected chi connectivity index (χ1v) is 6.90. The monoisotopic (exact) mass is 324 g/mol. The van der Waals surface area contributed by atoms with Crippen molar-refractivity contribution in [1.82, 2.24) is 0 Å². The predicted molar refractivity (Wildman–Crippen MR) is 79.7 cm³/mol. The number of anilines is 1. The SMILES string of the molecule is O=C(O)C1CC=CCC1C(=O)Nc1ccc(Cl)cc1[N+](=O)[O-].